The molecular weight excluding hydrogens is 524 g/mol. The van der Waals surface area contributed by atoms with Gasteiger partial charge in [-0.25, -0.2) is 4.68 Å². The summed E-state index contributed by atoms with van der Waals surface area (Å²) in [4.78, 5) is 15.4. The highest BCUT2D eigenvalue weighted by Crippen LogP contribution is 2.30. The number of carbonyl (C=O) groups is 1. The second-order valence-corrected chi connectivity index (χ2v) is 12.2. The lowest BCUT2D eigenvalue weighted by Gasteiger charge is -2.26. The number of aryl methyl sites for hydroxylation is 2. The van der Waals surface area contributed by atoms with E-state index in [4.69, 9.17) is 14.6 Å². The molecule has 1 fully saturated rings. The van der Waals surface area contributed by atoms with E-state index in [-0.39, 0.29) is 11.3 Å². The Labute approximate surface area is 249 Å². The lowest BCUT2D eigenvalue weighted by molar-refractivity contribution is -0.116. The molecule has 2 heterocycles. The third kappa shape index (κ3) is 7.58. The van der Waals surface area contributed by atoms with E-state index in [1.165, 1.54) is 16.5 Å². The number of fused-ring (bicyclic) bond motifs is 1. The van der Waals surface area contributed by atoms with Crippen LogP contribution < -0.4 is 10.1 Å². The van der Waals surface area contributed by atoms with Gasteiger partial charge in [-0.2, -0.15) is 5.10 Å². The average Bonchev–Trinajstić information content (AvgIpc) is 3.41. The van der Waals surface area contributed by atoms with Crippen molar-refractivity contribution in [1.29, 1.82) is 0 Å². The molecule has 222 valence electrons. The zero-order valence-electron chi connectivity index (χ0n) is 25.5. The Bertz CT molecular complexity index is 1480. The molecule has 0 atom stereocenters. The fourth-order valence-corrected chi connectivity index (χ4v) is 5.31. The van der Waals surface area contributed by atoms with Crippen LogP contribution in [0.1, 0.15) is 56.9 Å². The SMILES string of the molecule is Cc1ccc(-n2nc(C(C)(C)C)cc2NC(=O)CCCCc2ccc(OCCN3CCOCC3)c3ccccc23)cc1. The molecule has 1 N–H and O–H groups in total. The van der Waals surface area contributed by atoms with E-state index in [0.717, 1.165) is 74.6 Å². The lowest BCUT2D eigenvalue weighted by Crippen LogP contribution is -2.38. The van der Waals surface area contributed by atoms with Gasteiger partial charge in [-0.05, 0) is 55.3 Å². The summed E-state index contributed by atoms with van der Waals surface area (Å²) in [7, 11) is 0. The van der Waals surface area contributed by atoms with Gasteiger partial charge in [0.25, 0.3) is 0 Å². The quantitative estimate of drug-likeness (QED) is 0.204. The summed E-state index contributed by atoms with van der Waals surface area (Å²) in [6.07, 6.45) is 3.11. The predicted molar refractivity (Wildman–Crippen MR) is 170 cm³/mol. The Morgan fingerprint density at radius 1 is 0.976 bits per heavy atom. The molecule has 4 aromatic rings. The van der Waals surface area contributed by atoms with Crippen molar-refractivity contribution in [3.05, 3.63) is 83.6 Å². The van der Waals surface area contributed by atoms with Crippen LogP contribution in [-0.4, -0.2) is 60.0 Å². The van der Waals surface area contributed by atoms with Crippen molar-refractivity contribution in [2.75, 3.05) is 44.8 Å². The van der Waals surface area contributed by atoms with E-state index in [2.05, 4.69) is 86.4 Å². The van der Waals surface area contributed by atoms with E-state index in [9.17, 15) is 4.79 Å². The van der Waals surface area contributed by atoms with Gasteiger partial charge in [-0.1, -0.05) is 68.8 Å². The molecular formula is C35H44N4O3. The summed E-state index contributed by atoms with van der Waals surface area (Å²) < 4.78 is 13.5. The first kappa shape index (κ1) is 29.8. The number of ether oxygens (including phenoxy) is 2. The zero-order chi connectivity index (χ0) is 29.5. The minimum Gasteiger partial charge on any atom is -0.492 e. The van der Waals surface area contributed by atoms with E-state index in [0.29, 0.717) is 18.8 Å². The number of morpholine rings is 1. The Hall–Kier alpha value is -3.68. The van der Waals surface area contributed by atoms with Gasteiger partial charge in [0.1, 0.15) is 18.2 Å². The highest BCUT2D eigenvalue weighted by molar-refractivity contribution is 5.91. The van der Waals surface area contributed by atoms with Crippen LogP contribution in [0.3, 0.4) is 0 Å². The number of aromatic nitrogens is 2. The summed E-state index contributed by atoms with van der Waals surface area (Å²) in [5, 5.41) is 10.3. The van der Waals surface area contributed by atoms with Crippen LogP contribution in [0.15, 0.2) is 66.7 Å². The van der Waals surface area contributed by atoms with Crippen molar-refractivity contribution >= 4 is 22.5 Å². The molecule has 3 aromatic carbocycles. The van der Waals surface area contributed by atoms with E-state index < -0.39 is 0 Å². The molecule has 1 amide bonds. The molecule has 0 bridgehead atoms. The number of unbranched alkanes of at least 4 members (excludes halogenated alkanes) is 1. The van der Waals surface area contributed by atoms with E-state index in [1.807, 2.05) is 22.9 Å². The Kier molecular flexibility index (Phi) is 9.60. The maximum atomic E-state index is 13.0. The fraction of sp³-hybridized carbons (Fsp3) is 0.429. The van der Waals surface area contributed by atoms with Crippen molar-refractivity contribution in [3.8, 4) is 11.4 Å². The third-order valence-corrected chi connectivity index (χ3v) is 7.87. The van der Waals surface area contributed by atoms with Gasteiger partial charge in [-0.3, -0.25) is 9.69 Å². The van der Waals surface area contributed by atoms with Crippen molar-refractivity contribution in [2.45, 2.75) is 58.8 Å². The smallest absolute Gasteiger partial charge is 0.225 e. The molecule has 0 saturated carbocycles. The summed E-state index contributed by atoms with van der Waals surface area (Å²) in [5.41, 5.74) is 4.23. The Morgan fingerprint density at radius 3 is 2.45 bits per heavy atom. The van der Waals surface area contributed by atoms with Crippen LogP contribution in [0, 0.1) is 6.92 Å². The highest BCUT2D eigenvalue weighted by atomic mass is 16.5. The van der Waals surface area contributed by atoms with Gasteiger partial charge in [0.15, 0.2) is 0 Å². The third-order valence-electron chi connectivity index (χ3n) is 7.87. The predicted octanol–water partition coefficient (Wildman–Crippen LogP) is 6.69. The molecule has 1 aliphatic rings. The molecule has 0 radical (unpaired) electrons. The number of rotatable bonds is 11. The Balaban J connectivity index is 1.17. The van der Waals surface area contributed by atoms with Gasteiger partial charge in [-0.15, -0.1) is 0 Å². The molecule has 1 aliphatic heterocycles. The number of hydrogen-bond acceptors (Lipinski definition) is 5. The number of amides is 1. The maximum Gasteiger partial charge on any atom is 0.225 e. The maximum absolute atomic E-state index is 13.0. The van der Waals surface area contributed by atoms with Crippen LogP contribution >= 0.6 is 0 Å². The monoisotopic (exact) mass is 568 g/mol. The second-order valence-electron chi connectivity index (χ2n) is 12.2. The number of benzene rings is 3. The van der Waals surface area contributed by atoms with E-state index >= 15 is 0 Å². The first-order valence-electron chi connectivity index (χ1n) is 15.2. The highest BCUT2D eigenvalue weighted by Gasteiger charge is 2.21. The van der Waals surface area contributed by atoms with Crippen LogP contribution in [0.25, 0.3) is 16.5 Å². The van der Waals surface area contributed by atoms with Gasteiger partial charge in [0.2, 0.25) is 5.91 Å². The first-order chi connectivity index (χ1) is 20.3. The van der Waals surface area contributed by atoms with Crippen LogP contribution in [0.2, 0.25) is 0 Å². The van der Waals surface area contributed by atoms with Crippen molar-refractivity contribution in [1.82, 2.24) is 14.7 Å². The molecule has 7 nitrogen and oxygen atoms in total. The number of anilines is 1. The summed E-state index contributed by atoms with van der Waals surface area (Å²) in [6, 6.07) is 22.9. The summed E-state index contributed by atoms with van der Waals surface area (Å²) in [6.45, 7) is 13.6. The molecule has 1 saturated heterocycles. The largest absolute Gasteiger partial charge is 0.492 e. The number of nitrogens with one attached hydrogen (secondary N) is 1. The zero-order valence-corrected chi connectivity index (χ0v) is 25.5. The van der Waals surface area contributed by atoms with Gasteiger partial charge >= 0.3 is 0 Å². The van der Waals surface area contributed by atoms with Crippen molar-refractivity contribution < 1.29 is 14.3 Å². The minimum atomic E-state index is -0.123. The number of hydrogen-bond donors (Lipinski definition) is 1. The van der Waals surface area contributed by atoms with Gasteiger partial charge in [0.05, 0.1) is 24.6 Å². The molecule has 42 heavy (non-hydrogen) atoms. The average molecular weight is 569 g/mol. The first-order valence-corrected chi connectivity index (χ1v) is 15.2. The molecule has 1 aromatic heterocycles. The second kappa shape index (κ2) is 13.5. The van der Waals surface area contributed by atoms with Gasteiger partial charge < -0.3 is 14.8 Å². The van der Waals surface area contributed by atoms with Gasteiger partial charge in [0, 0.05) is 42.9 Å². The van der Waals surface area contributed by atoms with Crippen LogP contribution in [0.5, 0.6) is 5.75 Å². The van der Waals surface area contributed by atoms with Crippen LogP contribution in [0.4, 0.5) is 5.82 Å². The summed E-state index contributed by atoms with van der Waals surface area (Å²) in [5.74, 6) is 1.66. The Morgan fingerprint density at radius 2 is 1.71 bits per heavy atom. The standard InChI is InChI=1S/C35H44N4O3/c1-26-13-16-28(17-14-26)39-33(25-32(37-39)35(2,3)4)36-34(40)12-8-5-9-27-15-18-31(30-11-7-6-10-29(27)30)42-24-21-38-19-22-41-23-20-38/h6-7,10-11,13-18,25H,5,8-9,12,19-24H2,1-4H3,(H,36,40). The number of carbonyl (C=O) groups excluding carboxylic acids is 1. The summed E-state index contributed by atoms with van der Waals surface area (Å²) >= 11 is 0. The minimum absolute atomic E-state index is 0.0117. The molecule has 0 spiro atoms. The molecule has 7 heteroatoms. The molecule has 0 aliphatic carbocycles. The molecule has 0 unspecified atom stereocenters. The fourth-order valence-electron chi connectivity index (χ4n) is 5.31. The topological polar surface area (TPSA) is 68.6 Å². The normalized spacial score (nSPS) is 14.3. The molecule has 5 rings (SSSR count). The lowest BCUT2D eigenvalue weighted by atomic mass is 9.92. The number of nitrogens with zero attached hydrogens (tertiary/aromatic N) is 3. The van der Waals surface area contributed by atoms with Crippen LogP contribution in [-0.2, 0) is 21.4 Å². The van der Waals surface area contributed by atoms with Crippen molar-refractivity contribution in [3.63, 3.8) is 0 Å². The van der Waals surface area contributed by atoms with Crippen molar-refractivity contribution in [2.24, 2.45) is 0 Å². The van der Waals surface area contributed by atoms with E-state index in [1.54, 1.807) is 0 Å².